The number of carbonyl (C=O) groups excluding carboxylic acids is 2. The van der Waals surface area contributed by atoms with Crippen molar-refractivity contribution in [3.63, 3.8) is 0 Å². The van der Waals surface area contributed by atoms with Gasteiger partial charge in [0.15, 0.2) is 0 Å². The van der Waals surface area contributed by atoms with Gasteiger partial charge in [-0.15, -0.1) is 0 Å². The number of hydrogen-bond donors (Lipinski definition) is 2. The maximum Gasteiger partial charge on any atom is 0.244 e. The molecule has 1 unspecified atom stereocenters. The van der Waals surface area contributed by atoms with Crippen LogP contribution in [-0.2, 0) is 16.0 Å². The summed E-state index contributed by atoms with van der Waals surface area (Å²) in [5.41, 5.74) is 2.10. The third-order valence-corrected chi connectivity index (χ3v) is 3.53. The molecule has 0 fully saturated rings. The van der Waals surface area contributed by atoms with Gasteiger partial charge in [-0.05, 0) is 30.5 Å². The first kappa shape index (κ1) is 17.5. The minimum atomic E-state index is -0.575. The van der Waals surface area contributed by atoms with Crippen LogP contribution in [-0.4, -0.2) is 24.4 Å². The summed E-state index contributed by atoms with van der Waals surface area (Å²) in [5, 5.41) is 5.49. The first-order valence-corrected chi connectivity index (χ1v) is 8.00. The molecule has 1 atom stereocenters. The Balaban J connectivity index is 1.72. The van der Waals surface area contributed by atoms with Crippen molar-refractivity contribution < 1.29 is 9.59 Å². The van der Waals surface area contributed by atoms with Crippen LogP contribution in [0.4, 0.5) is 0 Å². The highest BCUT2D eigenvalue weighted by atomic mass is 16.2. The minimum absolute atomic E-state index is 0.188. The van der Waals surface area contributed by atoms with E-state index in [0.29, 0.717) is 6.54 Å². The molecule has 0 aliphatic heterocycles. The number of benzene rings is 2. The fourth-order valence-electron chi connectivity index (χ4n) is 2.19. The third kappa shape index (κ3) is 6.08. The Morgan fingerprint density at radius 2 is 1.62 bits per heavy atom. The standard InChI is InChI=1S/C20H22N2O2/c1-16(20(24)21-15-14-18-10-6-3-7-11-18)22-19(23)13-12-17-8-4-2-5-9-17/h2-13,16H,14-15H2,1H3,(H,21,24)(H,22,23)/b13-12+. The lowest BCUT2D eigenvalue weighted by atomic mass is 10.1. The van der Waals surface area contributed by atoms with E-state index in [-0.39, 0.29) is 11.8 Å². The average Bonchev–Trinajstić information content (AvgIpc) is 2.61. The van der Waals surface area contributed by atoms with Crippen molar-refractivity contribution in [2.75, 3.05) is 6.54 Å². The lowest BCUT2D eigenvalue weighted by Gasteiger charge is -2.13. The largest absolute Gasteiger partial charge is 0.354 e. The van der Waals surface area contributed by atoms with E-state index >= 15 is 0 Å². The summed E-state index contributed by atoms with van der Waals surface area (Å²) < 4.78 is 0. The quantitative estimate of drug-likeness (QED) is 0.770. The van der Waals surface area contributed by atoms with Crippen LogP contribution in [0.2, 0.25) is 0 Å². The second-order valence-corrected chi connectivity index (χ2v) is 5.50. The fraction of sp³-hybridized carbons (Fsp3) is 0.200. The average molecular weight is 322 g/mol. The van der Waals surface area contributed by atoms with Crippen LogP contribution in [0.25, 0.3) is 6.08 Å². The third-order valence-electron chi connectivity index (χ3n) is 3.53. The van der Waals surface area contributed by atoms with Crippen molar-refractivity contribution in [2.24, 2.45) is 0 Å². The van der Waals surface area contributed by atoms with Gasteiger partial charge >= 0.3 is 0 Å². The summed E-state index contributed by atoms with van der Waals surface area (Å²) in [4.78, 5) is 23.8. The molecule has 24 heavy (non-hydrogen) atoms. The molecule has 0 bridgehead atoms. The highest BCUT2D eigenvalue weighted by Gasteiger charge is 2.13. The second kappa shape index (κ2) is 9.30. The van der Waals surface area contributed by atoms with Crippen molar-refractivity contribution >= 4 is 17.9 Å². The van der Waals surface area contributed by atoms with Crippen LogP contribution in [0, 0.1) is 0 Å². The van der Waals surface area contributed by atoms with Crippen LogP contribution < -0.4 is 10.6 Å². The molecule has 0 heterocycles. The Morgan fingerprint density at radius 3 is 2.29 bits per heavy atom. The van der Waals surface area contributed by atoms with Gasteiger partial charge < -0.3 is 10.6 Å². The molecule has 4 heteroatoms. The SMILES string of the molecule is CC(NC(=O)/C=C/c1ccccc1)C(=O)NCCc1ccccc1. The number of rotatable bonds is 7. The molecule has 0 radical (unpaired) electrons. The lowest BCUT2D eigenvalue weighted by Crippen LogP contribution is -2.44. The van der Waals surface area contributed by atoms with Gasteiger partial charge in [0.2, 0.25) is 11.8 Å². The highest BCUT2D eigenvalue weighted by molar-refractivity contribution is 5.95. The van der Waals surface area contributed by atoms with Gasteiger partial charge in [-0.3, -0.25) is 9.59 Å². The van der Waals surface area contributed by atoms with Crippen molar-refractivity contribution in [3.05, 3.63) is 77.9 Å². The molecule has 0 aliphatic carbocycles. The van der Waals surface area contributed by atoms with Gasteiger partial charge in [-0.1, -0.05) is 60.7 Å². The van der Waals surface area contributed by atoms with E-state index in [4.69, 9.17) is 0 Å². The van der Waals surface area contributed by atoms with E-state index in [1.807, 2.05) is 60.7 Å². The van der Waals surface area contributed by atoms with Crippen LogP contribution in [0.3, 0.4) is 0 Å². The molecule has 2 aromatic rings. The zero-order valence-corrected chi connectivity index (χ0v) is 13.7. The highest BCUT2D eigenvalue weighted by Crippen LogP contribution is 2.01. The zero-order valence-electron chi connectivity index (χ0n) is 13.7. The molecule has 4 nitrogen and oxygen atoms in total. The lowest BCUT2D eigenvalue weighted by molar-refractivity contribution is -0.126. The van der Waals surface area contributed by atoms with Gasteiger partial charge in [0.25, 0.3) is 0 Å². The molecule has 2 rings (SSSR count). The predicted molar refractivity (Wildman–Crippen MR) is 96.2 cm³/mol. The predicted octanol–water partition coefficient (Wildman–Crippen LogP) is 2.56. The summed E-state index contributed by atoms with van der Waals surface area (Å²) in [6.07, 6.45) is 3.92. The van der Waals surface area contributed by atoms with E-state index in [2.05, 4.69) is 10.6 Å². The van der Waals surface area contributed by atoms with Gasteiger partial charge in [0, 0.05) is 12.6 Å². The van der Waals surface area contributed by atoms with Crippen molar-refractivity contribution in [2.45, 2.75) is 19.4 Å². The first-order chi connectivity index (χ1) is 11.6. The summed E-state index contributed by atoms with van der Waals surface area (Å²) in [6, 6.07) is 18.9. The molecule has 0 aromatic heterocycles. The maximum atomic E-state index is 12.0. The van der Waals surface area contributed by atoms with Crippen molar-refractivity contribution in [1.29, 1.82) is 0 Å². The number of hydrogen-bond acceptors (Lipinski definition) is 2. The van der Waals surface area contributed by atoms with Crippen LogP contribution in [0.5, 0.6) is 0 Å². The molecule has 0 saturated heterocycles. The Labute approximate surface area is 142 Å². The van der Waals surface area contributed by atoms with Crippen molar-refractivity contribution in [3.8, 4) is 0 Å². The van der Waals surface area contributed by atoms with E-state index in [1.54, 1.807) is 13.0 Å². The topological polar surface area (TPSA) is 58.2 Å². The zero-order chi connectivity index (χ0) is 17.2. The molecule has 2 aromatic carbocycles. The molecule has 0 spiro atoms. The fourth-order valence-corrected chi connectivity index (χ4v) is 2.19. The molecule has 0 aliphatic rings. The summed E-state index contributed by atoms with van der Waals surface area (Å²) in [7, 11) is 0. The van der Waals surface area contributed by atoms with Crippen LogP contribution >= 0.6 is 0 Å². The Kier molecular flexibility index (Phi) is 6.77. The number of nitrogens with one attached hydrogen (secondary N) is 2. The van der Waals surface area contributed by atoms with Gasteiger partial charge in [-0.25, -0.2) is 0 Å². The second-order valence-electron chi connectivity index (χ2n) is 5.50. The smallest absolute Gasteiger partial charge is 0.244 e. The van der Waals surface area contributed by atoms with E-state index in [1.165, 1.54) is 11.6 Å². The molecule has 2 amide bonds. The maximum absolute atomic E-state index is 12.0. The Morgan fingerprint density at radius 1 is 1.00 bits per heavy atom. The van der Waals surface area contributed by atoms with E-state index in [0.717, 1.165) is 12.0 Å². The molecule has 2 N–H and O–H groups in total. The Hall–Kier alpha value is -2.88. The van der Waals surface area contributed by atoms with Crippen LogP contribution in [0.15, 0.2) is 66.7 Å². The summed E-state index contributed by atoms with van der Waals surface area (Å²) >= 11 is 0. The first-order valence-electron chi connectivity index (χ1n) is 8.00. The van der Waals surface area contributed by atoms with E-state index in [9.17, 15) is 9.59 Å². The van der Waals surface area contributed by atoms with Crippen molar-refractivity contribution in [1.82, 2.24) is 10.6 Å². The summed E-state index contributed by atoms with van der Waals surface area (Å²) in [6.45, 7) is 2.22. The summed E-state index contributed by atoms with van der Waals surface area (Å²) in [5.74, 6) is -0.475. The van der Waals surface area contributed by atoms with Gasteiger partial charge in [0.1, 0.15) is 6.04 Å². The van der Waals surface area contributed by atoms with Gasteiger partial charge in [0.05, 0.1) is 0 Å². The van der Waals surface area contributed by atoms with Gasteiger partial charge in [-0.2, -0.15) is 0 Å². The molecule has 124 valence electrons. The number of carbonyl (C=O) groups is 2. The molecular formula is C20H22N2O2. The molecule has 0 saturated carbocycles. The van der Waals surface area contributed by atoms with Crippen LogP contribution in [0.1, 0.15) is 18.1 Å². The molecular weight excluding hydrogens is 300 g/mol. The Bertz CT molecular complexity index is 681. The monoisotopic (exact) mass is 322 g/mol. The normalized spacial score (nSPS) is 11.9. The number of amides is 2. The minimum Gasteiger partial charge on any atom is -0.354 e. The van der Waals surface area contributed by atoms with E-state index < -0.39 is 6.04 Å².